The van der Waals surface area contributed by atoms with Crippen molar-refractivity contribution in [3.8, 4) is 0 Å². The molecule has 3 atom stereocenters. The van der Waals surface area contributed by atoms with Gasteiger partial charge in [0.25, 0.3) is 0 Å². The van der Waals surface area contributed by atoms with Crippen molar-refractivity contribution in [1.29, 1.82) is 0 Å². The Hall–Kier alpha value is 0.937. The zero-order valence-corrected chi connectivity index (χ0v) is 25.6. The van der Waals surface area contributed by atoms with Crippen LogP contribution in [0.3, 0.4) is 0 Å². The number of rotatable bonds is 11. The minimum atomic E-state index is -2.68. The molecule has 31 heavy (non-hydrogen) atoms. The van der Waals surface area contributed by atoms with Crippen LogP contribution in [-0.4, -0.2) is 51.9 Å². The molecule has 0 heterocycles. The first kappa shape index (κ1) is 28.2. The Balaban J connectivity index is 1.94. The molecule has 10 heteroatoms. The number of halogens is 3. The number of carbonyl (C=O) groups excluding carboxylic acids is 1. The third-order valence-electron chi connectivity index (χ3n) is 5.29. The average molecular weight is 788 g/mol. The summed E-state index contributed by atoms with van der Waals surface area (Å²) in [6.45, 7) is 7.56. The van der Waals surface area contributed by atoms with Gasteiger partial charge < -0.3 is 23.1 Å². The fraction of sp³-hybridized carbons (Fsp3) is 0.667. The van der Waals surface area contributed by atoms with Gasteiger partial charge in [-0.2, -0.15) is 0 Å². The maximum absolute atomic E-state index is 12.7. The van der Waals surface area contributed by atoms with Gasteiger partial charge in [-0.1, -0.05) is 0 Å². The first-order valence-corrected chi connectivity index (χ1v) is 15.9. The quantitative estimate of drug-likeness (QED) is 0.136. The van der Waals surface area contributed by atoms with Crippen LogP contribution in [0.1, 0.15) is 56.8 Å². The number of aliphatic hydroxyl groups excluding tert-OH is 1. The molecule has 3 unspecified atom stereocenters. The monoisotopic (exact) mass is 788 g/mol. The molecule has 0 amide bonds. The van der Waals surface area contributed by atoms with Gasteiger partial charge in [-0.15, -0.1) is 0 Å². The van der Waals surface area contributed by atoms with Gasteiger partial charge >= 0.3 is 14.8 Å². The minimum Gasteiger partial charge on any atom is -0.456 e. The second kappa shape index (κ2) is 13.7. The molecule has 1 aromatic carbocycles. The van der Waals surface area contributed by atoms with Gasteiger partial charge in [0.2, 0.25) is 0 Å². The van der Waals surface area contributed by atoms with Crippen LogP contribution in [0.4, 0.5) is 0 Å². The molecule has 176 valence electrons. The van der Waals surface area contributed by atoms with Crippen LogP contribution in [0.2, 0.25) is 6.04 Å². The smallest absolute Gasteiger partial charge is 0.456 e. The Kier molecular flexibility index (Phi) is 12.5. The second-order valence-corrected chi connectivity index (χ2v) is 13.7. The molecular formula is C21H31I3O6Si. The molecule has 2 rings (SSSR count). The normalized spacial score (nSPS) is 21.8. The summed E-state index contributed by atoms with van der Waals surface area (Å²) in [5, 5.41) is 10.7. The summed E-state index contributed by atoms with van der Waals surface area (Å²) >= 11 is 6.59. The third-order valence-corrected chi connectivity index (χ3v) is 12.0. The number of hydrogen-bond acceptors (Lipinski definition) is 6. The Morgan fingerprint density at radius 1 is 1.06 bits per heavy atom. The number of carbonyl (C=O) groups is 1. The van der Waals surface area contributed by atoms with E-state index in [1.165, 1.54) is 0 Å². The van der Waals surface area contributed by atoms with E-state index in [2.05, 4.69) is 67.8 Å². The number of ether oxygens (including phenoxy) is 1. The third kappa shape index (κ3) is 8.28. The van der Waals surface area contributed by atoms with E-state index in [-0.39, 0.29) is 5.97 Å². The first-order valence-electron chi connectivity index (χ1n) is 10.7. The van der Waals surface area contributed by atoms with Crippen molar-refractivity contribution in [2.24, 2.45) is 5.92 Å². The van der Waals surface area contributed by atoms with Crippen LogP contribution < -0.4 is 0 Å². The summed E-state index contributed by atoms with van der Waals surface area (Å²) in [4.78, 5) is 12.7. The van der Waals surface area contributed by atoms with Crippen LogP contribution in [0.15, 0.2) is 12.1 Å². The number of esters is 1. The van der Waals surface area contributed by atoms with Gasteiger partial charge in [0.15, 0.2) is 0 Å². The predicted molar refractivity (Wildman–Crippen MR) is 147 cm³/mol. The average Bonchev–Trinajstić information content (AvgIpc) is 2.71. The topological polar surface area (TPSA) is 74.2 Å². The summed E-state index contributed by atoms with van der Waals surface area (Å²) in [6.07, 6.45) is 1.89. The molecular weight excluding hydrogens is 757 g/mol. The molecule has 6 nitrogen and oxygen atoms in total. The second-order valence-electron chi connectivity index (χ2n) is 7.46. The summed E-state index contributed by atoms with van der Waals surface area (Å²) in [5.74, 6) is -0.0317. The van der Waals surface area contributed by atoms with Crippen LogP contribution >= 0.6 is 67.8 Å². The van der Waals surface area contributed by atoms with Crippen molar-refractivity contribution >= 4 is 82.5 Å². The zero-order chi connectivity index (χ0) is 23.0. The van der Waals surface area contributed by atoms with E-state index in [9.17, 15) is 9.90 Å². The minimum absolute atomic E-state index is 0.331. The van der Waals surface area contributed by atoms with Crippen molar-refractivity contribution in [2.45, 2.75) is 64.7 Å². The van der Waals surface area contributed by atoms with E-state index in [0.717, 1.165) is 29.6 Å². The molecule has 0 saturated heterocycles. The molecule has 1 aromatic rings. The van der Waals surface area contributed by atoms with Gasteiger partial charge in [0, 0.05) is 36.6 Å². The largest absolute Gasteiger partial charge is 0.500 e. The molecule has 1 fully saturated rings. The summed E-state index contributed by atoms with van der Waals surface area (Å²) in [5.41, 5.74) is 0.562. The highest BCUT2D eigenvalue weighted by atomic mass is 127. The van der Waals surface area contributed by atoms with E-state index in [1.807, 2.05) is 32.9 Å². The maximum atomic E-state index is 12.7. The number of benzene rings is 1. The molecule has 0 aromatic heterocycles. The molecule has 1 N–H and O–H groups in total. The van der Waals surface area contributed by atoms with Gasteiger partial charge in [-0.25, -0.2) is 4.79 Å². The number of hydrogen-bond donors (Lipinski definition) is 1. The molecule has 1 saturated carbocycles. The van der Waals surface area contributed by atoms with Crippen molar-refractivity contribution < 1.29 is 27.9 Å². The Morgan fingerprint density at radius 2 is 1.68 bits per heavy atom. The van der Waals surface area contributed by atoms with Crippen LogP contribution in [-0.2, 0) is 18.0 Å². The molecule has 0 bridgehead atoms. The lowest BCUT2D eigenvalue weighted by Gasteiger charge is -2.34. The van der Waals surface area contributed by atoms with E-state index in [4.69, 9.17) is 18.0 Å². The molecule has 0 radical (unpaired) electrons. The van der Waals surface area contributed by atoms with Crippen molar-refractivity contribution in [3.63, 3.8) is 0 Å². The van der Waals surface area contributed by atoms with Gasteiger partial charge in [-0.05, 0) is 132 Å². The standard InChI is InChI=1S/C21H31I3O6Si/c1-4-27-31(28-5-2,29-6-3)10-9-14-7-8-19(18(25)11-14)30-21(26)16-12-15(22)13-17(23)20(16)24/h12-14,18-19,25H,4-11H2,1-3H3. The lowest BCUT2D eigenvalue weighted by Crippen LogP contribution is -2.46. The lowest BCUT2D eigenvalue weighted by molar-refractivity contribution is -0.0480. The molecule has 0 aliphatic heterocycles. The van der Waals surface area contributed by atoms with Gasteiger partial charge in [0.05, 0.1) is 11.7 Å². The van der Waals surface area contributed by atoms with Crippen molar-refractivity contribution in [3.05, 3.63) is 28.4 Å². The predicted octanol–water partition coefficient (Wildman–Crippen LogP) is 5.63. The van der Waals surface area contributed by atoms with Gasteiger partial charge in [0.1, 0.15) is 6.10 Å². The number of aliphatic hydroxyl groups is 1. The fourth-order valence-electron chi connectivity index (χ4n) is 3.89. The summed E-state index contributed by atoms with van der Waals surface area (Å²) < 4.78 is 26.4. The Labute approximate surface area is 227 Å². The fourth-order valence-corrected chi connectivity index (χ4v) is 9.03. The zero-order valence-electron chi connectivity index (χ0n) is 18.2. The molecule has 0 spiro atoms. The van der Waals surface area contributed by atoms with Crippen molar-refractivity contribution in [2.75, 3.05) is 19.8 Å². The van der Waals surface area contributed by atoms with Crippen LogP contribution in [0.5, 0.6) is 0 Å². The highest BCUT2D eigenvalue weighted by Gasteiger charge is 2.42. The maximum Gasteiger partial charge on any atom is 0.500 e. The van der Waals surface area contributed by atoms with Crippen LogP contribution in [0.25, 0.3) is 0 Å². The van der Waals surface area contributed by atoms with E-state index in [0.29, 0.717) is 44.1 Å². The molecule has 1 aliphatic carbocycles. The van der Waals surface area contributed by atoms with E-state index in [1.54, 1.807) is 0 Å². The SMILES string of the molecule is CCO[Si](CCC1CCC(OC(=O)c2cc(I)cc(I)c2I)C(O)C1)(OCC)OCC. The lowest BCUT2D eigenvalue weighted by atomic mass is 9.84. The highest BCUT2D eigenvalue weighted by Crippen LogP contribution is 2.33. The Morgan fingerprint density at radius 3 is 2.23 bits per heavy atom. The van der Waals surface area contributed by atoms with Crippen molar-refractivity contribution in [1.82, 2.24) is 0 Å². The summed E-state index contributed by atoms with van der Waals surface area (Å²) in [7, 11) is -2.68. The van der Waals surface area contributed by atoms with E-state index >= 15 is 0 Å². The Bertz CT molecular complexity index is 718. The highest BCUT2D eigenvalue weighted by molar-refractivity contribution is 14.1. The molecule has 1 aliphatic rings. The summed E-state index contributed by atoms with van der Waals surface area (Å²) in [6, 6.07) is 4.60. The first-order chi connectivity index (χ1) is 14.7. The van der Waals surface area contributed by atoms with Gasteiger partial charge in [-0.3, -0.25) is 0 Å². The van der Waals surface area contributed by atoms with E-state index < -0.39 is 21.0 Å². The van der Waals surface area contributed by atoms with Crippen LogP contribution in [0, 0.1) is 16.6 Å².